The molecule has 39 heavy (non-hydrogen) atoms. The largest absolute Gasteiger partial charge is 0.504 e. The SMILES string of the molecule is CN(C(=O)Cc1ccc2ccccc2c1)[C@@H]1CC[C@@]2(O)[C@@H]3Cc4ccc(O)c5c4[C@@]2(CCN3CC2CC2)[C@H]1O5. The quantitative estimate of drug-likeness (QED) is 0.524. The van der Waals surface area contributed by atoms with Gasteiger partial charge in [0.1, 0.15) is 6.10 Å². The van der Waals surface area contributed by atoms with Gasteiger partial charge in [-0.3, -0.25) is 9.69 Å². The highest BCUT2D eigenvalue weighted by atomic mass is 16.5. The Kier molecular flexibility index (Phi) is 5.01. The molecule has 3 aliphatic carbocycles. The molecule has 0 unspecified atom stereocenters. The lowest BCUT2D eigenvalue weighted by atomic mass is 9.48. The van der Waals surface area contributed by atoms with Crippen molar-refractivity contribution in [1.29, 1.82) is 0 Å². The maximum Gasteiger partial charge on any atom is 0.227 e. The molecule has 6 heteroatoms. The third kappa shape index (κ3) is 3.25. The standard InChI is InChI=1S/C33H36N2O4/c1-34(28(37)17-21-8-9-22-4-2-3-5-23(22)16-21)25-12-13-33(38)27-18-24-10-11-26(36)30-29(24)32(33,31(25)39-30)14-15-35(27)19-20-6-7-20/h2-5,8-11,16,20,25,27,31,36,38H,6-7,12-15,17-19H2,1H3/t25-,27+,31+,32+,33-/m1/s1. The van der Waals surface area contributed by atoms with Crippen molar-refractivity contribution >= 4 is 16.7 Å². The first kappa shape index (κ1) is 23.8. The smallest absolute Gasteiger partial charge is 0.227 e. The topological polar surface area (TPSA) is 73.2 Å². The first-order valence-electron chi connectivity index (χ1n) is 14.6. The molecule has 3 aromatic rings. The summed E-state index contributed by atoms with van der Waals surface area (Å²) < 4.78 is 6.67. The summed E-state index contributed by atoms with van der Waals surface area (Å²) in [5.74, 6) is 1.49. The number of rotatable bonds is 5. The summed E-state index contributed by atoms with van der Waals surface area (Å²) in [6.45, 7) is 1.97. The number of hydrogen-bond acceptors (Lipinski definition) is 5. The van der Waals surface area contributed by atoms with E-state index >= 15 is 0 Å². The zero-order valence-electron chi connectivity index (χ0n) is 22.5. The summed E-state index contributed by atoms with van der Waals surface area (Å²) in [6.07, 6.45) is 5.40. The van der Waals surface area contributed by atoms with Gasteiger partial charge in [-0.2, -0.15) is 0 Å². The predicted octanol–water partition coefficient (Wildman–Crippen LogP) is 4.18. The van der Waals surface area contributed by atoms with E-state index in [2.05, 4.69) is 29.2 Å². The number of carbonyl (C=O) groups is 1. The van der Waals surface area contributed by atoms with Gasteiger partial charge in [-0.05, 0) is 79.0 Å². The summed E-state index contributed by atoms with van der Waals surface area (Å²) in [5.41, 5.74) is 1.65. The Hall–Kier alpha value is -3.09. The molecule has 3 aromatic carbocycles. The Balaban J connectivity index is 1.14. The van der Waals surface area contributed by atoms with Gasteiger partial charge in [0.2, 0.25) is 5.91 Å². The number of aliphatic hydroxyl groups is 1. The third-order valence-electron chi connectivity index (χ3n) is 10.8. The molecule has 0 radical (unpaired) electrons. The maximum atomic E-state index is 13.7. The summed E-state index contributed by atoms with van der Waals surface area (Å²) in [6, 6.07) is 18.1. The second-order valence-electron chi connectivity index (χ2n) is 12.8. The van der Waals surface area contributed by atoms with E-state index in [1.165, 1.54) is 23.8 Å². The molecule has 6 nitrogen and oxygen atoms in total. The van der Waals surface area contributed by atoms with Gasteiger partial charge < -0.3 is 19.8 Å². The molecule has 1 amide bonds. The van der Waals surface area contributed by atoms with Crippen LogP contribution >= 0.6 is 0 Å². The van der Waals surface area contributed by atoms with Crippen molar-refractivity contribution in [3.05, 3.63) is 71.3 Å². The molecule has 2 saturated carbocycles. The number of likely N-dealkylation sites (N-methyl/N-ethyl adjacent to an activating group) is 1. The van der Waals surface area contributed by atoms with Crippen molar-refractivity contribution in [2.24, 2.45) is 5.92 Å². The minimum absolute atomic E-state index is 0.0421. The fraction of sp³-hybridized carbons (Fsp3) is 0.485. The number of carbonyl (C=O) groups excluding carboxylic acids is 1. The van der Waals surface area contributed by atoms with Crippen LogP contribution in [0.3, 0.4) is 0 Å². The molecule has 1 saturated heterocycles. The number of phenols is 1. The number of ether oxygens (including phenoxy) is 1. The van der Waals surface area contributed by atoms with Crippen LogP contribution in [0.5, 0.6) is 11.5 Å². The molecule has 2 heterocycles. The van der Waals surface area contributed by atoms with Crippen molar-refractivity contribution < 1.29 is 19.7 Å². The van der Waals surface area contributed by atoms with E-state index in [4.69, 9.17) is 4.74 Å². The second-order valence-corrected chi connectivity index (χ2v) is 12.8. The van der Waals surface area contributed by atoms with E-state index in [0.29, 0.717) is 25.0 Å². The molecular formula is C33H36N2O4. The van der Waals surface area contributed by atoms with E-state index < -0.39 is 11.0 Å². The first-order chi connectivity index (χ1) is 18.9. The number of amides is 1. The van der Waals surface area contributed by atoms with Crippen LogP contribution < -0.4 is 4.74 Å². The molecule has 8 rings (SSSR count). The molecular weight excluding hydrogens is 488 g/mol. The van der Waals surface area contributed by atoms with E-state index in [0.717, 1.165) is 48.4 Å². The fourth-order valence-electron chi connectivity index (χ4n) is 8.68. The lowest BCUT2D eigenvalue weighted by molar-refractivity contribution is -0.200. The van der Waals surface area contributed by atoms with Crippen molar-refractivity contribution in [2.45, 2.75) is 74.1 Å². The average molecular weight is 525 g/mol. The van der Waals surface area contributed by atoms with Crippen LogP contribution in [0, 0.1) is 5.92 Å². The Labute approximate surface area is 229 Å². The number of nitrogens with zero attached hydrogens (tertiary/aromatic N) is 2. The Bertz CT molecular complexity index is 1500. The summed E-state index contributed by atoms with van der Waals surface area (Å²) >= 11 is 0. The van der Waals surface area contributed by atoms with Gasteiger partial charge in [0.25, 0.3) is 0 Å². The molecule has 2 N–H and O–H groups in total. The van der Waals surface area contributed by atoms with Crippen LogP contribution in [0.25, 0.3) is 10.8 Å². The third-order valence-corrected chi connectivity index (χ3v) is 10.8. The van der Waals surface area contributed by atoms with Crippen LogP contribution in [0.2, 0.25) is 0 Å². The maximum absolute atomic E-state index is 13.7. The first-order valence-corrected chi connectivity index (χ1v) is 14.6. The monoisotopic (exact) mass is 524 g/mol. The van der Waals surface area contributed by atoms with E-state index in [1.54, 1.807) is 6.07 Å². The molecule has 202 valence electrons. The van der Waals surface area contributed by atoms with Gasteiger partial charge in [0.05, 0.1) is 23.5 Å². The number of aromatic hydroxyl groups is 1. The highest BCUT2D eigenvalue weighted by molar-refractivity contribution is 5.85. The highest BCUT2D eigenvalue weighted by Crippen LogP contribution is 2.66. The number of phenolic OH excluding ortho intramolecular Hbond substituents is 1. The van der Waals surface area contributed by atoms with Crippen molar-refractivity contribution in [2.75, 3.05) is 20.1 Å². The van der Waals surface area contributed by atoms with Gasteiger partial charge in [0, 0.05) is 25.2 Å². The summed E-state index contributed by atoms with van der Waals surface area (Å²) in [7, 11) is 1.89. The predicted molar refractivity (Wildman–Crippen MR) is 149 cm³/mol. The average Bonchev–Trinajstić information content (AvgIpc) is 3.68. The molecule has 5 aliphatic rings. The Morgan fingerprint density at radius 3 is 2.72 bits per heavy atom. The van der Waals surface area contributed by atoms with Crippen molar-refractivity contribution in [3.8, 4) is 11.5 Å². The van der Waals surface area contributed by atoms with E-state index in [9.17, 15) is 15.0 Å². The summed E-state index contributed by atoms with van der Waals surface area (Å²) in [5, 5.41) is 25.9. The van der Waals surface area contributed by atoms with Crippen LogP contribution in [-0.2, 0) is 23.1 Å². The van der Waals surface area contributed by atoms with Crippen LogP contribution in [0.15, 0.2) is 54.6 Å². The van der Waals surface area contributed by atoms with E-state index in [-0.39, 0.29) is 29.8 Å². The Morgan fingerprint density at radius 1 is 1.08 bits per heavy atom. The van der Waals surface area contributed by atoms with Gasteiger partial charge in [-0.25, -0.2) is 0 Å². The lowest BCUT2D eigenvalue weighted by Gasteiger charge is -2.64. The van der Waals surface area contributed by atoms with Crippen LogP contribution in [0.1, 0.15) is 48.8 Å². The normalized spacial score (nSPS) is 32.5. The van der Waals surface area contributed by atoms with Crippen molar-refractivity contribution in [1.82, 2.24) is 9.80 Å². The van der Waals surface area contributed by atoms with Crippen molar-refractivity contribution in [3.63, 3.8) is 0 Å². The second kappa shape index (κ2) is 8.21. The van der Waals surface area contributed by atoms with Gasteiger partial charge >= 0.3 is 0 Å². The number of benzene rings is 3. The zero-order valence-corrected chi connectivity index (χ0v) is 22.5. The van der Waals surface area contributed by atoms with E-state index in [1.807, 2.05) is 36.2 Å². The van der Waals surface area contributed by atoms with Gasteiger partial charge in [0.15, 0.2) is 11.5 Å². The molecule has 0 aromatic heterocycles. The van der Waals surface area contributed by atoms with Crippen LogP contribution in [-0.4, -0.2) is 69.8 Å². The number of piperidine rings is 1. The fourth-order valence-corrected chi connectivity index (χ4v) is 8.68. The number of hydrogen-bond donors (Lipinski definition) is 2. The van der Waals surface area contributed by atoms with Gasteiger partial charge in [-0.15, -0.1) is 0 Å². The summed E-state index contributed by atoms with van der Waals surface area (Å²) in [4.78, 5) is 18.1. The van der Waals surface area contributed by atoms with Gasteiger partial charge in [-0.1, -0.05) is 48.5 Å². The molecule has 3 fully saturated rings. The van der Waals surface area contributed by atoms with Crippen LogP contribution in [0.4, 0.5) is 0 Å². The number of fused-ring (bicyclic) bond motifs is 1. The minimum Gasteiger partial charge on any atom is -0.504 e. The molecule has 2 bridgehead atoms. The Morgan fingerprint density at radius 2 is 1.90 bits per heavy atom. The molecule has 5 atom stereocenters. The minimum atomic E-state index is -0.935. The molecule has 1 spiro atoms. The molecule has 2 aliphatic heterocycles. The highest BCUT2D eigenvalue weighted by Gasteiger charge is 2.73. The number of likely N-dealkylation sites (tertiary alicyclic amines) is 1. The zero-order chi connectivity index (χ0) is 26.5. The lowest BCUT2D eigenvalue weighted by Crippen LogP contribution is -2.78.